The van der Waals surface area contributed by atoms with Crippen molar-refractivity contribution in [2.45, 2.75) is 33.6 Å². The number of carbonyl (C=O) groups is 2. The van der Waals surface area contributed by atoms with E-state index in [9.17, 15) is 9.59 Å². The minimum absolute atomic E-state index is 0.188. The molecule has 84 valence electrons. The largest absolute Gasteiger partial charge is 0.465 e. The Morgan fingerprint density at radius 3 is 2.13 bits per heavy atom. The Kier molecular flexibility index (Phi) is 6.35. The van der Waals surface area contributed by atoms with Gasteiger partial charge in [-0.15, -0.1) is 0 Å². The second-order valence-electron chi connectivity index (χ2n) is 3.23. The predicted octanol–water partition coefficient (Wildman–Crippen LogP) is 1.69. The van der Waals surface area contributed by atoms with Gasteiger partial charge in [0.1, 0.15) is 0 Å². The second kappa shape index (κ2) is 6.99. The molecule has 0 rings (SSSR count). The lowest BCUT2D eigenvalue weighted by molar-refractivity contribution is -0.150. The molecule has 15 heavy (non-hydrogen) atoms. The van der Waals surface area contributed by atoms with Gasteiger partial charge in [-0.05, 0) is 19.8 Å². The summed E-state index contributed by atoms with van der Waals surface area (Å²) in [6.45, 7) is 5.57. The fraction of sp³-hybridized carbons (Fsp3) is 0.727. The fourth-order valence-electron chi connectivity index (χ4n) is 1.38. The van der Waals surface area contributed by atoms with Crippen molar-refractivity contribution in [2.24, 2.45) is 11.8 Å². The molecule has 1 unspecified atom stereocenters. The number of Topliss-reactive ketones (excluding diaryl/α,β-unsaturated/α-hetero) is 1. The molecule has 0 aliphatic carbocycles. The Hall–Kier alpha value is -1.37. The van der Waals surface area contributed by atoms with Gasteiger partial charge in [0.2, 0.25) is 5.92 Å². The summed E-state index contributed by atoms with van der Waals surface area (Å²) in [5.41, 5.74) is 0. The van der Waals surface area contributed by atoms with E-state index in [-0.39, 0.29) is 18.3 Å². The van der Waals surface area contributed by atoms with Crippen LogP contribution >= 0.6 is 0 Å². The van der Waals surface area contributed by atoms with Crippen LogP contribution in [-0.2, 0) is 14.3 Å². The quantitative estimate of drug-likeness (QED) is 0.495. The molecule has 4 nitrogen and oxygen atoms in total. The summed E-state index contributed by atoms with van der Waals surface area (Å²) < 4.78 is 4.67. The molecule has 0 aromatic rings. The van der Waals surface area contributed by atoms with Crippen LogP contribution < -0.4 is 0 Å². The monoisotopic (exact) mass is 211 g/mol. The van der Waals surface area contributed by atoms with Crippen molar-refractivity contribution in [3.63, 3.8) is 0 Å². The van der Waals surface area contributed by atoms with Crippen LogP contribution in [0.2, 0.25) is 0 Å². The normalized spacial score (nSPS) is 11.9. The van der Waals surface area contributed by atoms with Crippen LogP contribution in [0.3, 0.4) is 0 Å². The van der Waals surface area contributed by atoms with Crippen LogP contribution in [0.1, 0.15) is 33.6 Å². The van der Waals surface area contributed by atoms with E-state index in [0.29, 0.717) is 12.8 Å². The van der Waals surface area contributed by atoms with Crippen molar-refractivity contribution in [3.05, 3.63) is 0 Å². The summed E-state index contributed by atoms with van der Waals surface area (Å²) in [7, 11) is 0. The molecule has 0 amide bonds. The molecule has 0 fully saturated rings. The standard InChI is InChI=1S/C11H17NO3/c1-4-8(5-2)10(13)9(7-12)11(14)15-6-3/h8-9H,4-6H2,1-3H3. The van der Waals surface area contributed by atoms with Gasteiger partial charge < -0.3 is 4.74 Å². The third kappa shape index (κ3) is 3.70. The number of hydrogen-bond donors (Lipinski definition) is 0. The van der Waals surface area contributed by atoms with Crippen molar-refractivity contribution < 1.29 is 14.3 Å². The van der Waals surface area contributed by atoms with Crippen molar-refractivity contribution in [1.29, 1.82) is 5.26 Å². The second-order valence-corrected chi connectivity index (χ2v) is 3.23. The van der Waals surface area contributed by atoms with Gasteiger partial charge in [0.15, 0.2) is 5.78 Å². The predicted molar refractivity (Wildman–Crippen MR) is 54.8 cm³/mol. The van der Waals surface area contributed by atoms with Crippen LogP contribution in [0.15, 0.2) is 0 Å². The van der Waals surface area contributed by atoms with Gasteiger partial charge in [0.25, 0.3) is 0 Å². The lowest BCUT2D eigenvalue weighted by atomic mass is 9.90. The summed E-state index contributed by atoms with van der Waals surface area (Å²) in [4.78, 5) is 23.0. The number of ketones is 1. The Balaban J connectivity index is 4.61. The molecule has 0 aromatic heterocycles. The maximum atomic E-state index is 11.7. The summed E-state index contributed by atoms with van der Waals surface area (Å²) >= 11 is 0. The Morgan fingerprint density at radius 1 is 1.27 bits per heavy atom. The number of hydrogen-bond acceptors (Lipinski definition) is 4. The summed E-state index contributed by atoms with van der Waals surface area (Å²) in [5.74, 6) is -2.52. The van der Waals surface area contributed by atoms with Crippen LogP contribution in [-0.4, -0.2) is 18.4 Å². The van der Waals surface area contributed by atoms with Crippen LogP contribution in [0, 0.1) is 23.2 Å². The Labute approximate surface area is 90.2 Å². The van der Waals surface area contributed by atoms with Crippen LogP contribution in [0.5, 0.6) is 0 Å². The molecule has 0 aromatic carbocycles. The smallest absolute Gasteiger partial charge is 0.331 e. The lowest BCUT2D eigenvalue weighted by Gasteiger charge is -2.13. The van der Waals surface area contributed by atoms with Gasteiger partial charge in [0, 0.05) is 5.92 Å². The minimum Gasteiger partial charge on any atom is -0.465 e. The van der Waals surface area contributed by atoms with Gasteiger partial charge in [-0.2, -0.15) is 5.26 Å². The molecule has 0 spiro atoms. The highest BCUT2D eigenvalue weighted by Gasteiger charge is 2.31. The molecule has 0 saturated heterocycles. The molecule has 0 bridgehead atoms. The van der Waals surface area contributed by atoms with E-state index < -0.39 is 11.9 Å². The summed E-state index contributed by atoms with van der Waals surface area (Å²) in [5, 5.41) is 8.76. The summed E-state index contributed by atoms with van der Waals surface area (Å²) in [6, 6.07) is 1.71. The molecule has 0 aliphatic rings. The first-order chi connectivity index (χ1) is 7.12. The molecule has 0 heterocycles. The highest BCUT2D eigenvalue weighted by molar-refractivity contribution is 6.02. The maximum absolute atomic E-state index is 11.7. The van der Waals surface area contributed by atoms with E-state index >= 15 is 0 Å². The zero-order chi connectivity index (χ0) is 11.8. The molecule has 0 aliphatic heterocycles. The zero-order valence-electron chi connectivity index (χ0n) is 9.45. The van der Waals surface area contributed by atoms with E-state index in [1.165, 1.54) is 0 Å². The SMILES string of the molecule is CCOC(=O)C(C#N)C(=O)C(CC)CC. The number of esters is 1. The molecule has 0 N–H and O–H groups in total. The van der Waals surface area contributed by atoms with Crippen LogP contribution in [0.25, 0.3) is 0 Å². The average Bonchev–Trinajstić information content (AvgIpc) is 2.21. The van der Waals surface area contributed by atoms with Gasteiger partial charge in [-0.3, -0.25) is 9.59 Å². The number of ether oxygens (including phenoxy) is 1. The third-order valence-electron chi connectivity index (χ3n) is 2.32. The van der Waals surface area contributed by atoms with E-state index in [0.717, 1.165) is 0 Å². The number of carbonyl (C=O) groups excluding carboxylic acids is 2. The van der Waals surface area contributed by atoms with Crippen molar-refractivity contribution in [3.8, 4) is 6.07 Å². The highest BCUT2D eigenvalue weighted by Crippen LogP contribution is 2.15. The zero-order valence-corrected chi connectivity index (χ0v) is 9.45. The van der Waals surface area contributed by atoms with Crippen molar-refractivity contribution in [1.82, 2.24) is 0 Å². The summed E-state index contributed by atoms with van der Waals surface area (Å²) in [6.07, 6.45) is 1.29. The third-order valence-corrected chi connectivity index (χ3v) is 2.32. The van der Waals surface area contributed by atoms with Crippen molar-refractivity contribution in [2.75, 3.05) is 6.61 Å². The van der Waals surface area contributed by atoms with Crippen molar-refractivity contribution >= 4 is 11.8 Å². The molecular weight excluding hydrogens is 194 g/mol. The Morgan fingerprint density at radius 2 is 1.80 bits per heavy atom. The van der Waals surface area contributed by atoms with E-state index in [2.05, 4.69) is 4.74 Å². The fourth-order valence-corrected chi connectivity index (χ4v) is 1.38. The van der Waals surface area contributed by atoms with E-state index in [1.807, 2.05) is 13.8 Å². The average molecular weight is 211 g/mol. The Bertz CT molecular complexity index is 263. The number of nitriles is 1. The molecule has 1 atom stereocenters. The molecular formula is C11H17NO3. The molecule has 0 radical (unpaired) electrons. The van der Waals surface area contributed by atoms with Gasteiger partial charge in [-0.25, -0.2) is 0 Å². The molecule has 4 heteroatoms. The number of nitrogens with zero attached hydrogens (tertiary/aromatic N) is 1. The van der Waals surface area contributed by atoms with Gasteiger partial charge in [-0.1, -0.05) is 13.8 Å². The molecule has 0 saturated carbocycles. The maximum Gasteiger partial charge on any atom is 0.331 e. The first kappa shape index (κ1) is 13.6. The number of rotatable bonds is 6. The van der Waals surface area contributed by atoms with E-state index in [4.69, 9.17) is 5.26 Å². The topological polar surface area (TPSA) is 67.2 Å². The first-order valence-electron chi connectivity index (χ1n) is 5.22. The minimum atomic E-state index is -1.25. The van der Waals surface area contributed by atoms with E-state index in [1.54, 1.807) is 13.0 Å². The first-order valence-corrected chi connectivity index (χ1v) is 5.22. The lowest BCUT2D eigenvalue weighted by Crippen LogP contribution is -2.29. The highest BCUT2D eigenvalue weighted by atomic mass is 16.5. The van der Waals surface area contributed by atoms with Gasteiger partial charge >= 0.3 is 5.97 Å². The van der Waals surface area contributed by atoms with Gasteiger partial charge in [0.05, 0.1) is 12.7 Å². The van der Waals surface area contributed by atoms with Crippen LogP contribution in [0.4, 0.5) is 0 Å².